The molecule has 0 aliphatic heterocycles. The minimum atomic E-state index is -0.701. The van der Waals surface area contributed by atoms with Gasteiger partial charge in [-0.25, -0.2) is 0 Å². The Hall–Kier alpha value is -0.570. The van der Waals surface area contributed by atoms with Crippen molar-refractivity contribution in [3.8, 4) is 0 Å². The lowest BCUT2D eigenvalue weighted by Crippen LogP contribution is -2.27. The molecule has 0 aliphatic carbocycles. The van der Waals surface area contributed by atoms with Gasteiger partial charge in [0.1, 0.15) is 0 Å². The van der Waals surface area contributed by atoms with Crippen molar-refractivity contribution in [2.24, 2.45) is 0 Å². The first-order valence-electron chi connectivity index (χ1n) is 6.62. The Morgan fingerprint density at radius 1 is 1.19 bits per heavy atom. The van der Waals surface area contributed by atoms with Gasteiger partial charge in [-0.05, 0) is 26.3 Å². The van der Waals surface area contributed by atoms with Gasteiger partial charge in [-0.15, -0.1) is 0 Å². The van der Waals surface area contributed by atoms with E-state index in [2.05, 4.69) is 19.2 Å². The Labute approximate surface area is 99.6 Å². The van der Waals surface area contributed by atoms with Gasteiger partial charge in [0.15, 0.2) is 0 Å². The van der Waals surface area contributed by atoms with Gasteiger partial charge in [-0.3, -0.25) is 4.79 Å². The second kappa shape index (κ2) is 10.9. The monoisotopic (exact) mass is 229 g/mol. The average molecular weight is 229 g/mol. The van der Waals surface area contributed by atoms with Crippen LogP contribution in [0.5, 0.6) is 0 Å². The molecule has 0 amide bonds. The van der Waals surface area contributed by atoms with Crippen LogP contribution >= 0.6 is 0 Å². The van der Waals surface area contributed by atoms with Crippen molar-refractivity contribution in [2.45, 2.75) is 71.3 Å². The fourth-order valence-electron chi connectivity index (χ4n) is 1.70. The molecule has 1 atom stereocenters. The molecule has 3 nitrogen and oxygen atoms in total. The summed E-state index contributed by atoms with van der Waals surface area (Å²) < 4.78 is 0. The Morgan fingerprint density at radius 3 is 2.44 bits per heavy atom. The van der Waals surface area contributed by atoms with E-state index in [9.17, 15) is 4.79 Å². The van der Waals surface area contributed by atoms with Crippen LogP contribution in [0.15, 0.2) is 0 Å². The molecular weight excluding hydrogens is 202 g/mol. The fourth-order valence-corrected chi connectivity index (χ4v) is 1.70. The number of carboxylic acid groups (broad SMARTS) is 1. The van der Waals surface area contributed by atoms with Gasteiger partial charge in [0, 0.05) is 12.5 Å². The minimum absolute atomic E-state index is 0.269. The minimum Gasteiger partial charge on any atom is -0.481 e. The van der Waals surface area contributed by atoms with Crippen LogP contribution in [0, 0.1) is 0 Å². The van der Waals surface area contributed by atoms with Crippen LogP contribution < -0.4 is 5.32 Å². The summed E-state index contributed by atoms with van der Waals surface area (Å²) in [5.41, 5.74) is 0. The number of hydrogen-bond acceptors (Lipinski definition) is 2. The topological polar surface area (TPSA) is 49.3 Å². The van der Waals surface area contributed by atoms with E-state index in [1.807, 2.05) is 0 Å². The Bertz CT molecular complexity index is 171. The normalized spacial score (nSPS) is 12.6. The number of carbonyl (C=O) groups is 1. The van der Waals surface area contributed by atoms with E-state index in [0.29, 0.717) is 6.04 Å². The number of carboxylic acids is 1. The van der Waals surface area contributed by atoms with Gasteiger partial charge < -0.3 is 10.4 Å². The standard InChI is InChI=1S/C13H27NO2/c1-3-4-5-6-7-8-11-14-12(2)9-10-13(15)16/h12,14H,3-11H2,1-2H3,(H,15,16). The number of hydrogen-bond donors (Lipinski definition) is 2. The lowest BCUT2D eigenvalue weighted by molar-refractivity contribution is -0.137. The quantitative estimate of drug-likeness (QED) is 0.535. The highest BCUT2D eigenvalue weighted by Gasteiger charge is 2.03. The first-order valence-corrected chi connectivity index (χ1v) is 6.62. The number of nitrogens with one attached hydrogen (secondary N) is 1. The average Bonchev–Trinajstić information content (AvgIpc) is 2.25. The van der Waals surface area contributed by atoms with Crippen molar-refractivity contribution in [3.05, 3.63) is 0 Å². The summed E-state index contributed by atoms with van der Waals surface area (Å²) in [6.07, 6.45) is 8.83. The second-order valence-corrected chi connectivity index (χ2v) is 4.56. The van der Waals surface area contributed by atoms with Gasteiger partial charge in [-0.2, -0.15) is 0 Å². The molecule has 0 heterocycles. The van der Waals surface area contributed by atoms with Crippen molar-refractivity contribution < 1.29 is 9.90 Å². The third kappa shape index (κ3) is 11.5. The molecule has 0 rings (SSSR count). The molecule has 0 spiro atoms. The van der Waals surface area contributed by atoms with E-state index in [1.165, 1.54) is 38.5 Å². The summed E-state index contributed by atoms with van der Waals surface area (Å²) >= 11 is 0. The maximum atomic E-state index is 10.4. The molecule has 0 saturated carbocycles. The van der Waals surface area contributed by atoms with Crippen LogP contribution in [-0.4, -0.2) is 23.7 Å². The molecule has 0 fully saturated rings. The smallest absolute Gasteiger partial charge is 0.303 e. The summed E-state index contributed by atoms with van der Waals surface area (Å²) in [5.74, 6) is -0.701. The van der Waals surface area contributed by atoms with Gasteiger partial charge in [0.2, 0.25) is 0 Å². The highest BCUT2D eigenvalue weighted by molar-refractivity contribution is 5.66. The van der Waals surface area contributed by atoms with Gasteiger partial charge in [0.25, 0.3) is 0 Å². The largest absolute Gasteiger partial charge is 0.481 e. The van der Waals surface area contributed by atoms with Crippen LogP contribution in [0.1, 0.15) is 65.2 Å². The molecule has 2 N–H and O–H groups in total. The zero-order valence-corrected chi connectivity index (χ0v) is 10.8. The lowest BCUT2D eigenvalue weighted by atomic mass is 10.1. The zero-order valence-electron chi connectivity index (χ0n) is 10.8. The summed E-state index contributed by atoms with van der Waals surface area (Å²) in [4.78, 5) is 10.4. The number of unbranched alkanes of at least 4 members (excludes halogenated alkanes) is 5. The van der Waals surface area contributed by atoms with Crippen LogP contribution in [0.25, 0.3) is 0 Å². The van der Waals surface area contributed by atoms with E-state index < -0.39 is 5.97 Å². The van der Waals surface area contributed by atoms with Crippen molar-refractivity contribution in [1.29, 1.82) is 0 Å². The van der Waals surface area contributed by atoms with E-state index >= 15 is 0 Å². The maximum Gasteiger partial charge on any atom is 0.303 e. The van der Waals surface area contributed by atoms with E-state index in [0.717, 1.165) is 13.0 Å². The first kappa shape index (κ1) is 15.4. The van der Waals surface area contributed by atoms with Gasteiger partial charge in [0.05, 0.1) is 0 Å². The van der Waals surface area contributed by atoms with Crippen LogP contribution in [-0.2, 0) is 4.79 Å². The predicted octanol–water partition coefficient (Wildman–Crippen LogP) is 3.19. The molecule has 1 unspecified atom stereocenters. The summed E-state index contributed by atoms with van der Waals surface area (Å²) in [5, 5.41) is 11.9. The zero-order chi connectivity index (χ0) is 12.2. The van der Waals surface area contributed by atoms with Crippen molar-refractivity contribution >= 4 is 5.97 Å². The SMILES string of the molecule is CCCCCCCCNC(C)CCC(=O)O. The molecule has 16 heavy (non-hydrogen) atoms. The van der Waals surface area contributed by atoms with Crippen LogP contribution in [0.2, 0.25) is 0 Å². The maximum absolute atomic E-state index is 10.4. The predicted molar refractivity (Wildman–Crippen MR) is 67.7 cm³/mol. The third-order valence-electron chi connectivity index (χ3n) is 2.81. The number of aliphatic carboxylic acids is 1. The van der Waals surface area contributed by atoms with E-state index in [-0.39, 0.29) is 6.42 Å². The van der Waals surface area contributed by atoms with Crippen molar-refractivity contribution in [2.75, 3.05) is 6.54 Å². The van der Waals surface area contributed by atoms with Gasteiger partial charge >= 0.3 is 5.97 Å². The fraction of sp³-hybridized carbons (Fsp3) is 0.923. The van der Waals surface area contributed by atoms with E-state index in [1.54, 1.807) is 0 Å². The Kier molecular flexibility index (Phi) is 10.5. The highest BCUT2D eigenvalue weighted by Crippen LogP contribution is 2.04. The molecule has 0 saturated heterocycles. The Balaban J connectivity index is 3.15. The summed E-state index contributed by atoms with van der Waals surface area (Å²) in [6.45, 7) is 5.30. The molecule has 3 heteroatoms. The molecule has 0 aromatic rings. The molecule has 0 aliphatic rings. The van der Waals surface area contributed by atoms with Crippen LogP contribution in [0.3, 0.4) is 0 Å². The summed E-state index contributed by atoms with van der Waals surface area (Å²) in [7, 11) is 0. The molecule has 96 valence electrons. The molecule has 0 aromatic heterocycles. The number of rotatable bonds is 11. The third-order valence-corrected chi connectivity index (χ3v) is 2.81. The van der Waals surface area contributed by atoms with Gasteiger partial charge in [-0.1, -0.05) is 39.0 Å². The molecule has 0 aromatic carbocycles. The molecule has 0 radical (unpaired) electrons. The summed E-state index contributed by atoms with van der Waals surface area (Å²) in [6, 6.07) is 0.326. The second-order valence-electron chi connectivity index (χ2n) is 4.56. The van der Waals surface area contributed by atoms with Crippen molar-refractivity contribution in [3.63, 3.8) is 0 Å². The highest BCUT2D eigenvalue weighted by atomic mass is 16.4. The van der Waals surface area contributed by atoms with E-state index in [4.69, 9.17) is 5.11 Å². The van der Waals surface area contributed by atoms with Crippen molar-refractivity contribution in [1.82, 2.24) is 5.32 Å². The Morgan fingerprint density at radius 2 is 1.81 bits per heavy atom. The lowest BCUT2D eigenvalue weighted by Gasteiger charge is -2.12. The molecular formula is C13H27NO2. The van der Waals surface area contributed by atoms with Crippen LogP contribution in [0.4, 0.5) is 0 Å². The first-order chi connectivity index (χ1) is 7.66. The molecule has 0 bridgehead atoms.